The first-order valence-corrected chi connectivity index (χ1v) is 7.44. The van der Waals surface area contributed by atoms with Crippen molar-refractivity contribution in [3.63, 3.8) is 0 Å². The van der Waals surface area contributed by atoms with Crippen LogP contribution < -0.4 is 15.8 Å². The lowest BCUT2D eigenvalue weighted by molar-refractivity contribution is 0.0948. The van der Waals surface area contributed by atoms with Crippen molar-refractivity contribution in [3.8, 4) is 5.75 Å². The molecule has 0 saturated carbocycles. The summed E-state index contributed by atoms with van der Waals surface area (Å²) in [7, 11) is 0. The van der Waals surface area contributed by atoms with E-state index in [-0.39, 0.29) is 24.2 Å². The van der Waals surface area contributed by atoms with Crippen LogP contribution in [0.15, 0.2) is 54.6 Å². The Balaban J connectivity index is 0.00000264. The van der Waals surface area contributed by atoms with E-state index in [4.69, 9.17) is 10.5 Å². The van der Waals surface area contributed by atoms with Gasteiger partial charge >= 0.3 is 0 Å². The van der Waals surface area contributed by atoms with E-state index < -0.39 is 0 Å². The molecule has 2 rings (SSSR count). The van der Waals surface area contributed by atoms with Crippen LogP contribution in [0.5, 0.6) is 5.75 Å². The Hall–Kier alpha value is -2.04. The minimum absolute atomic E-state index is 0. The maximum Gasteiger partial charge on any atom is 0.251 e. The standard InChI is InChI=1S/C18H22N2O2.ClH/c1-14(11-19)12-20-18(21)16-9-7-15(8-10-16)13-22-17-5-3-2-4-6-17;/h2-10,14H,11-13,19H2,1H3,(H,20,21);1H. The molecule has 2 aromatic carbocycles. The lowest BCUT2D eigenvalue weighted by atomic mass is 10.1. The van der Waals surface area contributed by atoms with Gasteiger partial charge in [-0.05, 0) is 42.3 Å². The van der Waals surface area contributed by atoms with Gasteiger partial charge in [-0.15, -0.1) is 12.4 Å². The lowest BCUT2D eigenvalue weighted by Crippen LogP contribution is -2.31. The van der Waals surface area contributed by atoms with E-state index in [1.807, 2.05) is 61.5 Å². The zero-order valence-electron chi connectivity index (χ0n) is 13.2. The van der Waals surface area contributed by atoms with Crippen LogP contribution in [0.25, 0.3) is 0 Å². The third-order valence-corrected chi connectivity index (χ3v) is 3.38. The Bertz CT molecular complexity index is 588. The van der Waals surface area contributed by atoms with Crippen molar-refractivity contribution in [2.24, 2.45) is 11.7 Å². The quantitative estimate of drug-likeness (QED) is 0.818. The number of amides is 1. The number of benzene rings is 2. The predicted octanol–water partition coefficient (Wildman–Crippen LogP) is 3.01. The molecule has 124 valence electrons. The van der Waals surface area contributed by atoms with Crippen molar-refractivity contribution in [2.45, 2.75) is 13.5 Å². The molecule has 0 spiro atoms. The number of carbonyl (C=O) groups excluding carboxylic acids is 1. The maximum absolute atomic E-state index is 12.0. The second kappa shape index (κ2) is 9.87. The number of hydrogen-bond acceptors (Lipinski definition) is 3. The van der Waals surface area contributed by atoms with Crippen LogP contribution in [0.1, 0.15) is 22.8 Å². The highest BCUT2D eigenvalue weighted by atomic mass is 35.5. The fraction of sp³-hybridized carbons (Fsp3) is 0.278. The minimum Gasteiger partial charge on any atom is -0.489 e. The molecule has 1 amide bonds. The molecule has 0 aliphatic rings. The zero-order valence-corrected chi connectivity index (χ0v) is 14.0. The molecule has 0 aromatic heterocycles. The van der Waals surface area contributed by atoms with E-state index >= 15 is 0 Å². The average Bonchev–Trinajstić information content (AvgIpc) is 2.59. The van der Waals surface area contributed by atoms with Gasteiger partial charge < -0.3 is 15.8 Å². The summed E-state index contributed by atoms with van der Waals surface area (Å²) in [6.07, 6.45) is 0. The fourth-order valence-corrected chi connectivity index (χ4v) is 1.89. The van der Waals surface area contributed by atoms with Crippen molar-refractivity contribution in [1.82, 2.24) is 5.32 Å². The number of halogens is 1. The Morgan fingerprint density at radius 1 is 1.13 bits per heavy atom. The molecule has 0 aliphatic carbocycles. The molecule has 4 nitrogen and oxygen atoms in total. The van der Waals surface area contributed by atoms with E-state index in [0.29, 0.717) is 25.3 Å². The van der Waals surface area contributed by atoms with E-state index in [1.54, 1.807) is 0 Å². The molecule has 0 aliphatic heterocycles. The summed E-state index contributed by atoms with van der Waals surface area (Å²) in [5, 5.41) is 2.88. The summed E-state index contributed by atoms with van der Waals surface area (Å²) in [6.45, 7) is 3.64. The molecular weight excluding hydrogens is 312 g/mol. The molecule has 2 aromatic rings. The molecule has 0 fully saturated rings. The third kappa shape index (κ3) is 6.30. The highest BCUT2D eigenvalue weighted by molar-refractivity contribution is 5.94. The van der Waals surface area contributed by atoms with Gasteiger partial charge in [0.1, 0.15) is 12.4 Å². The Kier molecular flexibility index (Phi) is 8.16. The zero-order chi connectivity index (χ0) is 15.8. The fourth-order valence-electron chi connectivity index (χ4n) is 1.89. The molecular formula is C18H23ClN2O2. The van der Waals surface area contributed by atoms with Crippen LogP contribution in [0.2, 0.25) is 0 Å². The van der Waals surface area contributed by atoms with Gasteiger partial charge in [-0.1, -0.05) is 37.3 Å². The second-order valence-electron chi connectivity index (χ2n) is 5.35. The summed E-state index contributed by atoms with van der Waals surface area (Å²) in [5.41, 5.74) is 7.20. The van der Waals surface area contributed by atoms with Crippen LogP contribution in [0.4, 0.5) is 0 Å². The number of carbonyl (C=O) groups is 1. The molecule has 0 radical (unpaired) electrons. The molecule has 1 atom stereocenters. The minimum atomic E-state index is -0.0733. The first-order valence-electron chi connectivity index (χ1n) is 7.44. The van der Waals surface area contributed by atoms with Crippen LogP contribution in [-0.4, -0.2) is 19.0 Å². The predicted molar refractivity (Wildman–Crippen MR) is 95.0 cm³/mol. The molecule has 23 heavy (non-hydrogen) atoms. The van der Waals surface area contributed by atoms with Crippen LogP contribution in [0, 0.1) is 5.92 Å². The smallest absolute Gasteiger partial charge is 0.251 e. The molecule has 0 heterocycles. The third-order valence-electron chi connectivity index (χ3n) is 3.38. The number of rotatable bonds is 7. The summed E-state index contributed by atoms with van der Waals surface area (Å²) < 4.78 is 5.67. The Labute approximate surface area is 143 Å². The van der Waals surface area contributed by atoms with Gasteiger partial charge in [0.25, 0.3) is 5.91 Å². The van der Waals surface area contributed by atoms with Crippen LogP contribution in [-0.2, 0) is 6.61 Å². The van der Waals surface area contributed by atoms with Gasteiger partial charge in [-0.2, -0.15) is 0 Å². The molecule has 1 unspecified atom stereocenters. The molecule has 3 N–H and O–H groups in total. The summed E-state index contributed by atoms with van der Waals surface area (Å²) >= 11 is 0. The topological polar surface area (TPSA) is 64.3 Å². The van der Waals surface area contributed by atoms with E-state index in [2.05, 4.69) is 5.32 Å². The number of nitrogens with two attached hydrogens (primary N) is 1. The van der Waals surface area contributed by atoms with Crippen molar-refractivity contribution >= 4 is 18.3 Å². The SMILES string of the molecule is CC(CN)CNC(=O)c1ccc(COc2ccccc2)cc1.Cl. The van der Waals surface area contributed by atoms with Crippen molar-refractivity contribution in [2.75, 3.05) is 13.1 Å². The van der Waals surface area contributed by atoms with Gasteiger partial charge in [-0.25, -0.2) is 0 Å². The van der Waals surface area contributed by atoms with Crippen LogP contribution in [0.3, 0.4) is 0 Å². The summed E-state index contributed by atoms with van der Waals surface area (Å²) in [4.78, 5) is 12.0. The number of hydrogen-bond donors (Lipinski definition) is 2. The Morgan fingerprint density at radius 3 is 2.39 bits per heavy atom. The molecule has 5 heteroatoms. The van der Waals surface area contributed by atoms with Gasteiger partial charge in [0.05, 0.1) is 0 Å². The van der Waals surface area contributed by atoms with Crippen LogP contribution >= 0.6 is 12.4 Å². The largest absolute Gasteiger partial charge is 0.489 e. The lowest BCUT2D eigenvalue weighted by Gasteiger charge is -2.10. The monoisotopic (exact) mass is 334 g/mol. The summed E-state index contributed by atoms with van der Waals surface area (Å²) in [6, 6.07) is 17.1. The van der Waals surface area contributed by atoms with Gasteiger partial charge in [0.2, 0.25) is 0 Å². The van der Waals surface area contributed by atoms with Crippen molar-refractivity contribution in [3.05, 3.63) is 65.7 Å². The average molecular weight is 335 g/mol. The number of para-hydroxylation sites is 1. The molecule has 0 bridgehead atoms. The van der Waals surface area contributed by atoms with E-state index in [9.17, 15) is 4.79 Å². The van der Waals surface area contributed by atoms with Crippen molar-refractivity contribution < 1.29 is 9.53 Å². The van der Waals surface area contributed by atoms with E-state index in [0.717, 1.165) is 11.3 Å². The highest BCUT2D eigenvalue weighted by Crippen LogP contribution is 2.12. The van der Waals surface area contributed by atoms with E-state index in [1.165, 1.54) is 0 Å². The first-order chi connectivity index (χ1) is 10.7. The Morgan fingerprint density at radius 2 is 1.78 bits per heavy atom. The van der Waals surface area contributed by atoms with Gasteiger partial charge in [-0.3, -0.25) is 4.79 Å². The van der Waals surface area contributed by atoms with Gasteiger partial charge in [0.15, 0.2) is 0 Å². The second-order valence-corrected chi connectivity index (χ2v) is 5.35. The maximum atomic E-state index is 12.0. The normalized spacial score (nSPS) is 11.2. The number of ether oxygens (including phenoxy) is 1. The van der Waals surface area contributed by atoms with Crippen molar-refractivity contribution in [1.29, 1.82) is 0 Å². The molecule has 0 saturated heterocycles. The summed E-state index contributed by atoms with van der Waals surface area (Å²) in [5.74, 6) is 1.04. The first kappa shape index (κ1) is 19.0. The number of nitrogens with one attached hydrogen (secondary N) is 1. The highest BCUT2D eigenvalue weighted by Gasteiger charge is 2.07. The van der Waals surface area contributed by atoms with Gasteiger partial charge in [0, 0.05) is 12.1 Å².